The quantitative estimate of drug-likeness (QED) is 0.693. The Morgan fingerprint density at radius 3 is 2.77 bits per heavy atom. The summed E-state index contributed by atoms with van der Waals surface area (Å²) in [5.74, 6) is -0.340. The van der Waals surface area contributed by atoms with Gasteiger partial charge in [-0.2, -0.15) is 5.10 Å². The standard InChI is InChI=1S/C17H15N3O2/c1-11-4-2-7-14(16(11)21)17(22)19-13-6-3-5-12(10-13)15-8-9-18-20-15/h2-10,21H,1H3,(H,18,20)(H,19,22). The first kappa shape index (κ1) is 13.9. The molecule has 2 aromatic carbocycles. The lowest BCUT2D eigenvalue weighted by Gasteiger charge is -2.09. The second-order valence-corrected chi connectivity index (χ2v) is 4.98. The molecule has 0 spiro atoms. The van der Waals surface area contributed by atoms with Gasteiger partial charge in [0.25, 0.3) is 5.91 Å². The molecule has 0 radical (unpaired) electrons. The maximum Gasteiger partial charge on any atom is 0.259 e. The van der Waals surface area contributed by atoms with Crippen molar-refractivity contribution in [1.82, 2.24) is 10.2 Å². The Morgan fingerprint density at radius 2 is 2.00 bits per heavy atom. The number of rotatable bonds is 3. The molecule has 0 aliphatic heterocycles. The van der Waals surface area contributed by atoms with Crippen LogP contribution in [0.2, 0.25) is 0 Å². The minimum atomic E-state index is -0.344. The molecule has 22 heavy (non-hydrogen) atoms. The molecule has 1 aromatic heterocycles. The van der Waals surface area contributed by atoms with E-state index < -0.39 is 0 Å². The molecule has 5 heteroatoms. The van der Waals surface area contributed by atoms with E-state index in [9.17, 15) is 9.90 Å². The number of para-hydroxylation sites is 1. The number of amides is 1. The summed E-state index contributed by atoms with van der Waals surface area (Å²) in [6.45, 7) is 1.75. The van der Waals surface area contributed by atoms with Crippen molar-refractivity contribution in [3.63, 3.8) is 0 Å². The van der Waals surface area contributed by atoms with E-state index >= 15 is 0 Å². The lowest BCUT2D eigenvalue weighted by molar-refractivity contribution is 0.102. The normalized spacial score (nSPS) is 10.4. The first-order valence-corrected chi connectivity index (χ1v) is 6.85. The van der Waals surface area contributed by atoms with Gasteiger partial charge >= 0.3 is 0 Å². The highest BCUT2D eigenvalue weighted by Crippen LogP contribution is 2.24. The van der Waals surface area contributed by atoms with Gasteiger partial charge in [0.1, 0.15) is 5.75 Å². The second kappa shape index (κ2) is 5.73. The van der Waals surface area contributed by atoms with E-state index in [-0.39, 0.29) is 17.2 Å². The monoisotopic (exact) mass is 293 g/mol. The van der Waals surface area contributed by atoms with E-state index in [1.54, 1.807) is 37.4 Å². The van der Waals surface area contributed by atoms with Gasteiger partial charge in [-0.25, -0.2) is 0 Å². The number of anilines is 1. The Hall–Kier alpha value is -3.08. The van der Waals surface area contributed by atoms with Crippen LogP contribution in [0.3, 0.4) is 0 Å². The second-order valence-electron chi connectivity index (χ2n) is 4.98. The molecule has 0 aliphatic carbocycles. The van der Waals surface area contributed by atoms with E-state index in [0.29, 0.717) is 11.3 Å². The largest absolute Gasteiger partial charge is 0.507 e. The summed E-state index contributed by atoms with van der Waals surface area (Å²) in [6, 6.07) is 14.4. The van der Waals surface area contributed by atoms with E-state index in [1.807, 2.05) is 24.3 Å². The number of nitrogens with one attached hydrogen (secondary N) is 2. The number of benzene rings is 2. The van der Waals surface area contributed by atoms with Crippen molar-refractivity contribution in [1.29, 1.82) is 0 Å². The van der Waals surface area contributed by atoms with Crippen molar-refractivity contribution < 1.29 is 9.90 Å². The predicted molar refractivity (Wildman–Crippen MR) is 84.8 cm³/mol. The number of aromatic amines is 1. The number of phenolic OH excluding ortho intramolecular Hbond substituents is 1. The number of H-pyrrole nitrogens is 1. The van der Waals surface area contributed by atoms with Crippen LogP contribution in [0.25, 0.3) is 11.3 Å². The van der Waals surface area contributed by atoms with Crippen LogP contribution >= 0.6 is 0 Å². The van der Waals surface area contributed by atoms with E-state index in [0.717, 1.165) is 11.3 Å². The van der Waals surface area contributed by atoms with Gasteiger partial charge in [0.2, 0.25) is 0 Å². The maximum atomic E-state index is 12.3. The molecule has 1 heterocycles. The van der Waals surface area contributed by atoms with Crippen LogP contribution in [-0.2, 0) is 0 Å². The summed E-state index contributed by atoms with van der Waals surface area (Å²) in [4.78, 5) is 12.3. The van der Waals surface area contributed by atoms with E-state index in [4.69, 9.17) is 0 Å². The van der Waals surface area contributed by atoms with Gasteiger partial charge < -0.3 is 10.4 Å². The Bertz CT molecular complexity index is 811. The van der Waals surface area contributed by atoms with Gasteiger partial charge in [0.15, 0.2) is 0 Å². The molecule has 0 saturated carbocycles. The van der Waals surface area contributed by atoms with Gasteiger partial charge in [-0.1, -0.05) is 24.3 Å². The number of aromatic hydroxyl groups is 1. The van der Waals surface area contributed by atoms with Gasteiger partial charge in [-0.15, -0.1) is 0 Å². The Labute approximate surface area is 127 Å². The van der Waals surface area contributed by atoms with Crippen molar-refractivity contribution in [2.75, 3.05) is 5.32 Å². The summed E-state index contributed by atoms with van der Waals surface area (Å²) in [5.41, 5.74) is 3.36. The third kappa shape index (κ3) is 2.69. The number of hydrogen-bond donors (Lipinski definition) is 3. The lowest BCUT2D eigenvalue weighted by atomic mass is 10.1. The van der Waals surface area contributed by atoms with Gasteiger partial charge in [-0.05, 0) is 36.8 Å². The fourth-order valence-corrected chi connectivity index (χ4v) is 2.22. The van der Waals surface area contributed by atoms with Gasteiger partial charge in [-0.3, -0.25) is 9.89 Å². The molecule has 3 aromatic rings. The Morgan fingerprint density at radius 1 is 1.18 bits per heavy atom. The summed E-state index contributed by atoms with van der Waals surface area (Å²) in [5, 5.41) is 19.6. The zero-order valence-electron chi connectivity index (χ0n) is 12.0. The zero-order chi connectivity index (χ0) is 15.5. The van der Waals surface area contributed by atoms with Crippen molar-refractivity contribution in [3.05, 3.63) is 65.9 Å². The van der Waals surface area contributed by atoms with Crippen molar-refractivity contribution >= 4 is 11.6 Å². The van der Waals surface area contributed by atoms with Gasteiger partial charge in [0.05, 0.1) is 11.3 Å². The number of carbonyl (C=O) groups excluding carboxylic acids is 1. The van der Waals surface area contributed by atoms with Crippen LogP contribution in [0.4, 0.5) is 5.69 Å². The highest BCUT2D eigenvalue weighted by molar-refractivity contribution is 6.06. The first-order chi connectivity index (χ1) is 10.6. The summed E-state index contributed by atoms with van der Waals surface area (Å²) < 4.78 is 0. The third-order valence-corrected chi connectivity index (χ3v) is 3.41. The SMILES string of the molecule is Cc1cccc(C(=O)Nc2cccc(-c3ccn[nH]3)c2)c1O. The minimum absolute atomic E-state index is 0.00437. The zero-order valence-corrected chi connectivity index (χ0v) is 12.0. The fraction of sp³-hybridized carbons (Fsp3) is 0.0588. The third-order valence-electron chi connectivity index (χ3n) is 3.41. The molecule has 0 unspecified atom stereocenters. The van der Waals surface area contributed by atoms with E-state index in [1.165, 1.54) is 0 Å². The molecule has 0 bridgehead atoms. The molecule has 0 saturated heterocycles. The number of carbonyl (C=O) groups is 1. The average Bonchev–Trinajstić information content (AvgIpc) is 3.04. The number of phenols is 1. The van der Waals surface area contributed by atoms with Crippen LogP contribution in [0.5, 0.6) is 5.75 Å². The first-order valence-electron chi connectivity index (χ1n) is 6.85. The minimum Gasteiger partial charge on any atom is -0.507 e. The molecule has 3 rings (SSSR count). The number of aryl methyl sites for hydroxylation is 1. The Balaban J connectivity index is 1.86. The summed E-state index contributed by atoms with van der Waals surface area (Å²) in [7, 11) is 0. The molecular formula is C17H15N3O2. The lowest BCUT2D eigenvalue weighted by Crippen LogP contribution is -2.12. The molecule has 3 N–H and O–H groups in total. The number of hydrogen-bond acceptors (Lipinski definition) is 3. The molecule has 0 atom stereocenters. The average molecular weight is 293 g/mol. The molecule has 5 nitrogen and oxygen atoms in total. The van der Waals surface area contributed by atoms with Crippen LogP contribution < -0.4 is 5.32 Å². The predicted octanol–water partition coefficient (Wildman–Crippen LogP) is 3.34. The van der Waals surface area contributed by atoms with Crippen molar-refractivity contribution in [2.45, 2.75) is 6.92 Å². The summed E-state index contributed by atoms with van der Waals surface area (Å²) >= 11 is 0. The fourth-order valence-electron chi connectivity index (χ4n) is 2.22. The Kier molecular flexibility index (Phi) is 3.62. The van der Waals surface area contributed by atoms with Crippen molar-refractivity contribution in [3.8, 4) is 17.0 Å². The molecular weight excluding hydrogens is 278 g/mol. The van der Waals surface area contributed by atoms with Crippen LogP contribution in [0.15, 0.2) is 54.7 Å². The van der Waals surface area contributed by atoms with Crippen molar-refractivity contribution in [2.24, 2.45) is 0 Å². The maximum absolute atomic E-state index is 12.3. The number of aromatic nitrogens is 2. The number of nitrogens with zero attached hydrogens (tertiary/aromatic N) is 1. The van der Waals surface area contributed by atoms with Crippen LogP contribution in [0, 0.1) is 6.92 Å². The van der Waals surface area contributed by atoms with Crippen LogP contribution in [-0.4, -0.2) is 21.2 Å². The van der Waals surface area contributed by atoms with Crippen LogP contribution in [0.1, 0.15) is 15.9 Å². The topological polar surface area (TPSA) is 78.0 Å². The smallest absolute Gasteiger partial charge is 0.259 e. The highest BCUT2D eigenvalue weighted by Gasteiger charge is 2.13. The van der Waals surface area contributed by atoms with Gasteiger partial charge in [0, 0.05) is 17.4 Å². The highest BCUT2D eigenvalue weighted by atomic mass is 16.3. The molecule has 0 aliphatic rings. The summed E-state index contributed by atoms with van der Waals surface area (Å²) in [6.07, 6.45) is 1.67. The molecule has 0 fully saturated rings. The van der Waals surface area contributed by atoms with E-state index in [2.05, 4.69) is 15.5 Å². The molecule has 1 amide bonds. The molecule has 110 valence electrons.